The van der Waals surface area contributed by atoms with Gasteiger partial charge in [-0.15, -0.1) is 5.10 Å². The van der Waals surface area contributed by atoms with Crippen LogP contribution in [0.5, 0.6) is 0 Å². The predicted octanol–water partition coefficient (Wildman–Crippen LogP) is 1.98. The predicted molar refractivity (Wildman–Crippen MR) is 137 cm³/mol. The van der Waals surface area contributed by atoms with Crippen molar-refractivity contribution in [3.05, 3.63) is 81.9 Å². The van der Waals surface area contributed by atoms with Crippen LogP contribution in [0, 0.1) is 11.8 Å². The second-order valence-corrected chi connectivity index (χ2v) is 9.07. The van der Waals surface area contributed by atoms with Gasteiger partial charge in [-0.1, -0.05) is 17.9 Å². The molecule has 4 aromatic heterocycles. The van der Waals surface area contributed by atoms with E-state index in [1.165, 1.54) is 4.52 Å². The number of carbonyl (C=O) groups is 1. The molecule has 1 aliphatic rings. The number of aromatic nitrogens is 7. The lowest BCUT2D eigenvalue weighted by Gasteiger charge is -2.19. The molecule has 0 aliphatic heterocycles. The van der Waals surface area contributed by atoms with E-state index < -0.39 is 11.9 Å². The molecular weight excluding hydrogens is 470 g/mol. The van der Waals surface area contributed by atoms with E-state index in [9.17, 15) is 9.59 Å². The van der Waals surface area contributed by atoms with E-state index in [-0.39, 0.29) is 23.0 Å². The third-order valence-corrected chi connectivity index (χ3v) is 6.30. The number of amides is 1. The Morgan fingerprint density at radius 3 is 2.84 bits per heavy atom. The molecule has 0 radical (unpaired) electrons. The maximum atomic E-state index is 13.8. The van der Waals surface area contributed by atoms with Crippen LogP contribution in [0.1, 0.15) is 59.2 Å². The van der Waals surface area contributed by atoms with Gasteiger partial charge in [0.05, 0.1) is 28.7 Å². The summed E-state index contributed by atoms with van der Waals surface area (Å²) >= 11 is 0. The number of nitrogen functional groups attached to an aromatic ring is 1. The van der Waals surface area contributed by atoms with Crippen molar-refractivity contribution >= 4 is 28.3 Å². The van der Waals surface area contributed by atoms with Crippen molar-refractivity contribution < 1.29 is 4.79 Å². The molecule has 37 heavy (non-hydrogen) atoms. The number of benzene rings is 1. The smallest absolute Gasteiger partial charge is 0.262 e. The Labute approximate surface area is 211 Å². The number of carbonyl (C=O) groups excluding carboxylic acids is 1. The molecule has 1 fully saturated rings. The molecule has 1 aliphatic carbocycles. The van der Waals surface area contributed by atoms with Crippen molar-refractivity contribution in [2.45, 2.75) is 31.8 Å². The van der Waals surface area contributed by atoms with Gasteiger partial charge in [0.1, 0.15) is 11.4 Å². The van der Waals surface area contributed by atoms with Gasteiger partial charge in [-0.25, -0.2) is 14.5 Å². The summed E-state index contributed by atoms with van der Waals surface area (Å²) in [7, 11) is 1.82. The van der Waals surface area contributed by atoms with Gasteiger partial charge < -0.3 is 11.1 Å². The molecule has 5 aromatic rings. The first-order valence-corrected chi connectivity index (χ1v) is 11.9. The van der Waals surface area contributed by atoms with Crippen LogP contribution in [0.15, 0.2) is 53.8 Å². The molecule has 184 valence electrons. The van der Waals surface area contributed by atoms with E-state index >= 15 is 0 Å². The molecule has 0 unspecified atom stereocenters. The monoisotopic (exact) mass is 493 g/mol. The fourth-order valence-electron chi connectivity index (χ4n) is 4.44. The van der Waals surface area contributed by atoms with Gasteiger partial charge >= 0.3 is 0 Å². The van der Waals surface area contributed by atoms with Crippen LogP contribution in [0.4, 0.5) is 5.82 Å². The maximum absolute atomic E-state index is 13.8. The topological polar surface area (TPSA) is 138 Å². The number of nitrogens with two attached hydrogens (primary N) is 1. The molecule has 11 heteroatoms. The van der Waals surface area contributed by atoms with E-state index in [2.05, 4.69) is 32.3 Å². The first-order chi connectivity index (χ1) is 17.9. The first kappa shape index (κ1) is 22.5. The zero-order valence-corrected chi connectivity index (χ0v) is 20.2. The summed E-state index contributed by atoms with van der Waals surface area (Å²) in [6.45, 7) is 1.80. The zero-order valence-electron chi connectivity index (χ0n) is 20.2. The Morgan fingerprint density at radius 2 is 2.08 bits per heavy atom. The fraction of sp³-hybridized carbons (Fsp3) is 0.231. The summed E-state index contributed by atoms with van der Waals surface area (Å²) in [4.78, 5) is 36.1. The van der Waals surface area contributed by atoms with Crippen LogP contribution in [0.3, 0.4) is 0 Å². The van der Waals surface area contributed by atoms with Crippen molar-refractivity contribution in [2.75, 3.05) is 5.73 Å². The molecule has 4 heterocycles. The van der Waals surface area contributed by atoms with Crippen LogP contribution in [-0.4, -0.2) is 39.8 Å². The van der Waals surface area contributed by atoms with E-state index in [4.69, 9.17) is 10.7 Å². The molecule has 0 bridgehead atoms. The highest BCUT2D eigenvalue weighted by Gasteiger charge is 2.31. The number of nitrogens with zero attached hydrogens (tertiary/aromatic N) is 7. The minimum atomic E-state index is -0.576. The molecule has 11 nitrogen and oxygen atoms in total. The number of nitrogens with one attached hydrogen (secondary N) is 1. The number of rotatable bonds is 4. The lowest BCUT2D eigenvalue weighted by Crippen LogP contribution is -2.34. The van der Waals surface area contributed by atoms with E-state index in [0.717, 1.165) is 18.4 Å². The van der Waals surface area contributed by atoms with Crippen molar-refractivity contribution in [3.8, 4) is 11.8 Å². The molecule has 1 aromatic carbocycles. The number of fused-ring (bicyclic) bond motifs is 2. The third-order valence-electron chi connectivity index (χ3n) is 6.30. The van der Waals surface area contributed by atoms with Crippen LogP contribution in [-0.2, 0) is 7.05 Å². The van der Waals surface area contributed by atoms with Gasteiger partial charge in [-0.05, 0) is 38.0 Å². The number of hydrogen-bond donors (Lipinski definition) is 2. The van der Waals surface area contributed by atoms with Gasteiger partial charge in [-0.3, -0.25) is 18.8 Å². The Morgan fingerprint density at radius 1 is 1.24 bits per heavy atom. The second kappa shape index (κ2) is 8.60. The van der Waals surface area contributed by atoms with Crippen LogP contribution >= 0.6 is 0 Å². The van der Waals surface area contributed by atoms with E-state index in [1.54, 1.807) is 46.9 Å². The highest BCUT2D eigenvalue weighted by Crippen LogP contribution is 2.36. The van der Waals surface area contributed by atoms with Crippen LogP contribution < -0.4 is 16.6 Å². The van der Waals surface area contributed by atoms with Crippen molar-refractivity contribution in [2.24, 2.45) is 7.05 Å². The largest absolute Gasteiger partial charge is 0.381 e. The van der Waals surface area contributed by atoms with E-state index in [1.807, 2.05) is 25.4 Å². The first-order valence-electron chi connectivity index (χ1n) is 11.9. The summed E-state index contributed by atoms with van der Waals surface area (Å²) in [6, 6.07) is 6.58. The average molecular weight is 494 g/mol. The van der Waals surface area contributed by atoms with Crippen molar-refractivity contribution in [3.63, 3.8) is 0 Å². The lowest BCUT2D eigenvalue weighted by molar-refractivity contribution is 0.0939. The molecule has 3 N–H and O–H groups in total. The highest BCUT2D eigenvalue weighted by atomic mass is 16.2. The molecule has 0 spiro atoms. The molecule has 1 saturated carbocycles. The molecular formula is C26H23N9O2. The maximum Gasteiger partial charge on any atom is 0.262 e. The second-order valence-electron chi connectivity index (χ2n) is 9.07. The summed E-state index contributed by atoms with van der Waals surface area (Å²) < 4.78 is 4.82. The Bertz CT molecular complexity index is 1810. The van der Waals surface area contributed by atoms with Crippen LogP contribution in [0.2, 0.25) is 0 Å². The molecule has 6 rings (SSSR count). The normalized spacial score (nSPS) is 13.9. The van der Waals surface area contributed by atoms with Gasteiger partial charge in [0, 0.05) is 37.2 Å². The van der Waals surface area contributed by atoms with Crippen molar-refractivity contribution in [1.82, 2.24) is 39.2 Å². The molecule has 1 amide bonds. The van der Waals surface area contributed by atoms with Gasteiger partial charge in [-0.2, -0.15) is 5.10 Å². The number of anilines is 1. The highest BCUT2D eigenvalue weighted by molar-refractivity contribution is 6.04. The summed E-state index contributed by atoms with van der Waals surface area (Å²) in [5.74, 6) is 6.30. The lowest BCUT2D eigenvalue weighted by atomic mass is 10.1. The average Bonchev–Trinajstić information content (AvgIpc) is 3.53. The van der Waals surface area contributed by atoms with Crippen LogP contribution in [0.25, 0.3) is 16.6 Å². The minimum absolute atomic E-state index is 0.0294. The molecule has 0 saturated heterocycles. The van der Waals surface area contributed by atoms with E-state index in [0.29, 0.717) is 27.9 Å². The summed E-state index contributed by atoms with van der Waals surface area (Å²) in [5.41, 5.74) is 8.26. The number of hydrogen-bond acceptors (Lipinski definition) is 7. The minimum Gasteiger partial charge on any atom is -0.381 e. The zero-order chi connectivity index (χ0) is 25.7. The quantitative estimate of drug-likeness (QED) is 0.365. The van der Waals surface area contributed by atoms with Gasteiger partial charge in [0.25, 0.3) is 11.5 Å². The van der Waals surface area contributed by atoms with Gasteiger partial charge in [0.2, 0.25) is 0 Å². The number of aryl methyl sites for hydroxylation is 1. The Balaban J connectivity index is 1.41. The Hall–Kier alpha value is -4.98. The molecule has 1 atom stereocenters. The fourth-order valence-corrected chi connectivity index (χ4v) is 4.44. The Kier molecular flexibility index (Phi) is 5.22. The van der Waals surface area contributed by atoms with Gasteiger partial charge in [0.15, 0.2) is 11.5 Å². The SMILES string of the molecule is C[C@H](NC(=O)c1c(N)nn2cccnc12)c1nc2cccc(C#Cc3cnn(C)c3)c2c(=O)n1C1CC1. The standard InChI is InChI=1S/C26H23N9O2/c1-15(30-25(36)21-22(27)32-34-12-4-11-28-24(21)34)23-31-19-6-3-5-17(8-7-16-13-29-33(2)14-16)20(19)26(37)35(23)18-9-10-18/h3-6,11-15,18H,9-10H2,1-2H3,(H2,27,32)(H,30,36)/t15-/m0/s1. The third kappa shape index (κ3) is 3.98. The summed E-state index contributed by atoms with van der Waals surface area (Å²) in [5, 5.41) is 11.7. The summed E-state index contributed by atoms with van der Waals surface area (Å²) in [6.07, 6.45) is 8.47. The van der Waals surface area contributed by atoms with Crippen molar-refractivity contribution in [1.29, 1.82) is 0 Å².